The van der Waals surface area contributed by atoms with Crippen LogP contribution in [0.1, 0.15) is 36.4 Å². The molecule has 0 N–H and O–H groups in total. The molecule has 2 aromatic carbocycles. The predicted octanol–water partition coefficient (Wildman–Crippen LogP) is 4.64. The predicted molar refractivity (Wildman–Crippen MR) is 112 cm³/mol. The van der Waals surface area contributed by atoms with Gasteiger partial charge in [0.05, 0.1) is 6.42 Å². The molecule has 0 aliphatic carbocycles. The summed E-state index contributed by atoms with van der Waals surface area (Å²) in [5.74, 6) is 1.59. The van der Waals surface area contributed by atoms with Crippen molar-refractivity contribution in [3.8, 4) is 10.9 Å². The molecule has 0 aliphatic rings. The summed E-state index contributed by atoms with van der Waals surface area (Å²) < 4.78 is 10.2. The van der Waals surface area contributed by atoms with Crippen LogP contribution in [0.4, 0.5) is 0 Å². The zero-order chi connectivity index (χ0) is 19.9. The normalized spacial score (nSPS) is 10.7. The average Bonchev–Trinajstić information content (AvgIpc) is 3.13. The number of amides is 1. The number of benzene rings is 2. The second kappa shape index (κ2) is 9.46. The first-order chi connectivity index (χ1) is 13.6. The fourth-order valence-corrected chi connectivity index (χ4v) is 3.45. The quantitative estimate of drug-likeness (QED) is 0.557. The molecule has 5 nitrogen and oxygen atoms in total. The zero-order valence-electron chi connectivity index (χ0n) is 16.5. The maximum atomic E-state index is 12.2. The van der Waals surface area contributed by atoms with Gasteiger partial charge in [0, 0.05) is 31.0 Å². The average molecular weight is 396 g/mol. The van der Waals surface area contributed by atoms with E-state index in [1.165, 1.54) is 22.7 Å². The Bertz CT molecular complexity index is 900. The van der Waals surface area contributed by atoms with Crippen LogP contribution >= 0.6 is 11.5 Å². The van der Waals surface area contributed by atoms with Gasteiger partial charge < -0.3 is 9.64 Å². The molecule has 0 atom stereocenters. The third-order valence-corrected chi connectivity index (χ3v) is 5.17. The number of aryl methyl sites for hydroxylation is 1. The maximum absolute atomic E-state index is 12.2. The summed E-state index contributed by atoms with van der Waals surface area (Å²) in [5, 5.41) is 0.522. The molecule has 3 rings (SSSR count). The van der Waals surface area contributed by atoms with Gasteiger partial charge in [0.15, 0.2) is 5.82 Å². The van der Waals surface area contributed by atoms with Gasteiger partial charge in [0.2, 0.25) is 5.91 Å². The van der Waals surface area contributed by atoms with Gasteiger partial charge in [-0.05, 0) is 44.0 Å². The Balaban J connectivity index is 1.58. The van der Waals surface area contributed by atoms with Crippen molar-refractivity contribution in [3.05, 3.63) is 71.0 Å². The molecule has 0 saturated carbocycles. The molecule has 0 radical (unpaired) electrons. The van der Waals surface area contributed by atoms with E-state index in [1.54, 1.807) is 0 Å². The fraction of sp³-hybridized carbons (Fsp3) is 0.318. The molecule has 146 valence electrons. The largest absolute Gasteiger partial charge is 0.430 e. The second-order valence-electron chi connectivity index (χ2n) is 6.63. The third-order valence-electron chi connectivity index (χ3n) is 4.53. The smallest absolute Gasteiger partial charge is 0.298 e. The first-order valence-electron chi connectivity index (χ1n) is 9.50. The fourth-order valence-electron chi connectivity index (χ4n) is 2.88. The molecule has 0 bridgehead atoms. The lowest BCUT2D eigenvalue weighted by molar-refractivity contribution is -0.130. The highest BCUT2D eigenvalue weighted by atomic mass is 32.1. The molecule has 0 aliphatic heterocycles. The number of carbonyl (C=O) groups is 1. The topological polar surface area (TPSA) is 55.3 Å². The Hall–Kier alpha value is -2.73. The van der Waals surface area contributed by atoms with Gasteiger partial charge in [-0.25, -0.2) is 0 Å². The Morgan fingerprint density at radius 2 is 1.64 bits per heavy atom. The van der Waals surface area contributed by atoms with Crippen LogP contribution in [-0.4, -0.2) is 33.3 Å². The van der Waals surface area contributed by atoms with Crippen LogP contribution in [-0.2, 0) is 17.6 Å². The molecule has 0 fully saturated rings. The first kappa shape index (κ1) is 20.0. The first-order valence-corrected chi connectivity index (χ1v) is 10.3. The highest BCUT2D eigenvalue weighted by Crippen LogP contribution is 2.24. The van der Waals surface area contributed by atoms with Crippen LogP contribution in [0.3, 0.4) is 0 Å². The number of nitrogens with zero attached hydrogens (tertiary/aromatic N) is 3. The van der Waals surface area contributed by atoms with Crippen molar-refractivity contribution in [2.45, 2.75) is 33.6 Å². The van der Waals surface area contributed by atoms with Gasteiger partial charge in [0.1, 0.15) is 5.75 Å². The number of ether oxygens (including phenoxy) is 1. The van der Waals surface area contributed by atoms with Crippen LogP contribution in [0.5, 0.6) is 10.9 Å². The van der Waals surface area contributed by atoms with Crippen molar-refractivity contribution < 1.29 is 9.53 Å². The molecule has 0 saturated heterocycles. The van der Waals surface area contributed by atoms with E-state index >= 15 is 0 Å². The summed E-state index contributed by atoms with van der Waals surface area (Å²) >= 11 is 1.25. The molecule has 0 unspecified atom stereocenters. The van der Waals surface area contributed by atoms with E-state index in [-0.39, 0.29) is 5.91 Å². The van der Waals surface area contributed by atoms with E-state index in [0.717, 1.165) is 24.5 Å². The second-order valence-corrected chi connectivity index (χ2v) is 7.34. The van der Waals surface area contributed by atoms with E-state index in [4.69, 9.17) is 4.74 Å². The van der Waals surface area contributed by atoms with Gasteiger partial charge >= 0.3 is 0 Å². The highest BCUT2D eigenvalue weighted by molar-refractivity contribution is 7.07. The lowest BCUT2D eigenvalue weighted by atomic mass is 10.1. The standard InChI is InChI=1S/C22H25N3O2S/c1-4-25(5-2)21(26)15-18-10-12-19(13-11-18)27-22-23-20(24-28-22)14-17-8-6-16(3)7-9-17/h6-13H,4-5,14-15H2,1-3H3. The van der Waals surface area contributed by atoms with E-state index in [9.17, 15) is 4.79 Å². The van der Waals surface area contributed by atoms with E-state index < -0.39 is 0 Å². The van der Waals surface area contributed by atoms with E-state index in [1.807, 2.05) is 43.0 Å². The van der Waals surface area contributed by atoms with Gasteiger partial charge in [0.25, 0.3) is 5.19 Å². The number of carbonyl (C=O) groups excluding carboxylic acids is 1. The minimum absolute atomic E-state index is 0.142. The lowest BCUT2D eigenvalue weighted by Gasteiger charge is -2.18. The summed E-state index contributed by atoms with van der Waals surface area (Å²) in [6, 6.07) is 15.9. The summed E-state index contributed by atoms with van der Waals surface area (Å²) in [5.41, 5.74) is 3.39. The Morgan fingerprint density at radius 1 is 1.00 bits per heavy atom. The molecule has 1 heterocycles. The molecular formula is C22H25N3O2S. The summed E-state index contributed by atoms with van der Waals surface area (Å²) in [4.78, 5) is 18.5. The summed E-state index contributed by atoms with van der Waals surface area (Å²) in [6.45, 7) is 7.53. The molecule has 28 heavy (non-hydrogen) atoms. The molecule has 1 aromatic heterocycles. The number of aromatic nitrogens is 2. The summed E-state index contributed by atoms with van der Waals surface area (Å²) in [6.07, 6.45) is 1.09. The van der Waals surface area contributed by atoms with Gasteiger partial charge in [-0.2, -0.15) is 9.36 Å². The van der Waals surface area contributed by atoms with E-state index in [0.29, 0.717) is 23.8 Å². The molecule has 1 amide bonds. The maximum Gasteiger partial charge on any atom is 0.298 e. The van der Waals surface area contributed by atoms with Gasteiger partial charge in [-0.3, -0.25) is 4.79 Å². The third kappa shape index (κ3) is 5.39. The Kier molecular flexibility index (Phi) is 6.76. The van der Waals surface area contributed by atoms with Crippen LogP contribution in [0.2, 0.25) is 0 Å². The zero-order valence-corrected chi connectivity index (χ0v) is 17.3. The van der Waals surface area contributed by atoms with Crippen LogP contribution in [0.15, 0.2) is 48.5 Å². The van der Waals surface area contributed by atoms with Crippen molar-refractivity contribution in [3.63, 3.8) is 0 Å². The van der Waals surface area contributed by atoms with Crippen molar-refractivity contribution in [2.75, 3.05) is 13.1 Å². The highest BCUT2D eigenvalue weighted by Gasteiger charge is 2.11. The Morgan fingerprint density at radius 3 is 2.29 bits per heavy atom. The van der Waals surface area contributed by atoms with Crippen molar-refractivity contribution in [1.82, 2.24) is 14.3 Å². The van der Waals surface area contributed by atoms with Gasteiger partial charge in [-0.15, -0.1) is 0 Å². The van der Waals surface area contributed by atoms with Gasteiger partial charge in [-0.1, -0.05) is 42.0 Å². The van der Waals surface area contributed by atoms with Crippen molar-refractivity contribution >= 4 is 17.4 Å². The number of hydrogen-bond acceptors (Lipinski definition) is 5. The van der Waals surface area contributed by atoms with Crippen molar-refractivity contribution in [2.24, 2.45) is 0 Å². The molecular weight excluding hydrogens is 370 g/mol. The van der Waals surface area contributed by atoms with Crippen molar-refractivity contribution in [1.29, 1.82) is 0 Å². The monoisotopic (exact) mass is 395 g/mol. The summed E-state index contributed by atoms with van der Waals surface area (Å²) in [7, 11) is 0. The number of likely N-dealkylation sites (N-methyl/N-ethyl adjacent to an activating group) is 1. The minimum Gasteiger partial charge on any atom is -0.430 e. The Labute approximate surface area is 170 Å². The van der Waals surface area contributed by atoms with Crippen LogP contribution < -0.4 is 4.74 Å². The minimum atomic E-state index is 0.142. The molecule has 0 spiro atoms. The van der Waals surface area contributed by atoms with Crippen LogP contribution in [0, 0.1) is 6.92 Å². The number of hydrogen-bond donors (Lipinski definition) is 0. The molecule has 3 aromatic rings. The van der Waals surface area contributed by atoms with E-state index in [2.05, 4.69) is 40.5 Å². The SMILES string of the molecule is CCN(CC)C(=O)Cc1ccc(Oc2nc(Cc3ccc(C)cc3)ns2)cc1. The number of rotatable bonds is 8. The molecule has 6 heteroatoms. The lowest BCUT2D eigenvalue weighted by Crippen LogP contribution is -2.31. The van der Waals surface area contributed by atoms with Crippen LogP contribution in [0.25, 0.3) is 0 Å².